The van der Waals surface area contributed by atoms with E-state index in [1.165, 1.54) is 12.7 Å². The molecule has 4 rings (SSSR count). The lowest BCUT2D eigenvalue weighted by Crippen LogP contribution is -2.24. The molecule has 26 heavy (non-hydrogen) atoms. The molecule has 0 saturated heterocycles. The minimum Gasteiger partial charge on any atom is -0.465 e. The number of esters is 1. The molecule has 1 N–H and O–H groups in total. The number of carbonyl (C=O) groups is 1. The van der Waals surface area contributed by atoms with Crippen LogP contribution in [0.3, 0.4) is 0 Å². The van der Waals surface area contributed by atoms with Gasteiger partial charge in [-0.05, 0) is 49.2 Å². The second-order valence-corrected chi connectivity index (χ2v) is 6.14. The number of benzene rings is 1. The van der Waals surface area contributed by atoms with E-state index in [0.717, 1.165) is 36.3 Å². The Balaban J connectivity index is 1.75. The minimum absolute atomic E-state index is 0.358. The largest absolute Gasteiger partial charge is 0.465 e. The molecule has 7 heteroatoms. The normalized spacial score (nSPS) is 13.3. The molecule has 3 aromatic rings. The first kappa shape index (κ1) is 16.4. The molecular formula is C19H18N4O3. The van der Waals surface area contributed by atoms with Crippen molar-refractivity contribution in [1.82, 2.24) is 20.4 Å². The van der Waals surface area contributed by atoms with Crippen LogP contribution in [0.4, 0.5) is 0 Å². The van der Waals surface area contributed by atoms with Crippen molar-refractivity contribution in [1.29, 1.82) is 0 Å². The van der Waals surface area contributed by atoms with Gasteiger partial charge < -0.3 is 14.6 Å². The molecule has 0 amide bonds. The number of fused-ring (bicyclic) bond motifs is 1. The molecule has 0 atom stereocenters. The van der Waals surface area contributed by atoms with E-state index < -0.39 is 5.97 Å². The average molecular weight is 350 g/mol. The number of nitrogens with zero attached hydrogens (tertiary/aromatic N) is 3. The zero-order valence-electron chi connectivity index (χ0n) is 14.6. The van der Waals surface area contributed by atoms with E-state index in [1.807, 2.05) is 19.2 Å². The Morgan fingerprint density at radius 1 is 1.35 bits per heavy atom. The number of ether oxygens (including phenoxy) is 1. The van der Waals surface area contributed by atoms with Crippen LogP contribution in [0.2, 0.25) is 0 Å². The van der Waals surface area contributed by atoms with Crippen LogP contribution in [0.15, 0.2) is 35.0 Å². The highest BCUT2D eigenvalue weighted by Gasteiger charge is 2.21. The highest BCUT2D eigenvalue weighted by Crippen LogP contribution is 2.30. The maximum absolute atomic E-state index is 11.7. The lowest BCUT2D eigenvalue weighted by Gasteiger charge is -2.19. The fraction of sp³-hybridized carbons (Fsp3) is 0.263. The summed E-state index contributed by atoms with van der Waals surface area (Å²) in [5.41, 5.74) is 5.29. The van der Waals surface area contributed by atoms with Gasteiger partial charge in [0.15, 0.2) is 0 Å². The molecule has 0 spiro atoms. The van der Waals surface area contributed by atoms with Crippen LogP contribution in [-0.4, -0.2) is 34.7 Å². The number of methoxy groups -OCH3 is 1. The van der Waals surface area contributed by atoms with Gasteiger partial charge in [0.1, 0.15) is 0 Å². The first-order valence-corrected chi connectivity index (χ1v) is 8.38. The van der Waals surface area contributed by atoms with E-state index in [-0.39, 0.29) is 0 Å². The van der Waals surface area contributed by atoms with Gasteiger partial charge in [-0.25, -0.2) is 4.79 Å². The molecule has 1 aliphatic rings. The third-order valence-electron chi connectivity index (χ3n) is 4.51. The number of aryl methyl sites for hydroxylation is 1. The van der Waals surface area contributed by atoms with E-state index in [0.29, 0.717) is 22.8 Å². The summed E-state index contributed by atoms with van der Waals surface area (Å²) in [6, 6.07) is 6.94. The van der Waals surface area contributed by atoms with Crippen molar-refractivity contribution < 1.29 is 14.1 Å². The summed E-state index contributed by atoms with van der Waals surface area (Å²) in [5, 5.41) is 7.51. The van der Waals surface area contributed by atoms with Crippen molar-refractivity contribution in [3.63, 3.8) is 0 Å². The Labute approximate surface area is 150 Å². The number of hydrogen-bond donors (Lipinski definition) is 1. The van der Waals surface area contributed by atoms with Crippen LogP contribution < -0.4 is 5.32 Å². The monoisotopic (exact) mass is 350 g/mol. The number of hydrogen-bond acceptors (Lipinski definition) is 7. The van der Waals surface area contributed by atoms with Crippen LogP contribution in [0.5, 0.6) is 0 Å². The Bertz CT molecular complexity index is 981. The zero-order chi connectivity index (χ0) is 18.1. The standard InChI is InChI=1S/C19H18N4O3/c1-11-16(15-6-7-20-9-14(15)10-21-11)17-22-18(26-23-17)12-4-3-5-13(8-12)19(24)25-2/h3-5,8,10,20H,6-7,9H2,1-2H3. The van der Waals surface area contributed by atoms with Crippen molar-refractivity contribution >= 4 is 5.97 Å². The molecule has 0 radical (unpaired) electrons. The summed E-state index contributed by atoms with van der Waals surface area (Å²) in [6.07, 6.45) is 2.80. The zero-order valence-corrected chi connectivity index (χ0v) is 14.6. The molecule has 1 aromatic carbocycles. The van der Waals surface area contributed by atoms with Crippen LogP contribution in [0, 0.1) is 6.92 Å². The predicted molar refractivity (Wildman–Crippen MR) is 94.5 cm³/mol. The summed E-state index contributed by atoms with van der Waals surface area (Å²) in [7, 11) is 1.35. The number of pyridine rings is 1. The van der Waals surface area contributed by atoms with Gasteiger partial charge in [0.25, 0.3) is 5.89 Å². The first-order valence-electron chi connectivity index (χ1n) is 8.38. The molecule has 0 fully saturated rings. The molecule has 0 saturated carbocycles. The molecule has 0 bridgehead atoms. The summed E-state index contributed by atoms with van der Waals surface area (Å²) < 4.78 is 10.2. The summed E-state index contributed by atoms with van der Waals surface area (Å²) >= 11 is 0. The molecule has 3 heterocycles. The van der Waals surface area contributed by atoms with E-state index >= 15 is 0 Å². The van der Waals surface area contributed by atoms with Gasteiger partial charge in [0, 0.05) is 29.6 Å². The second kappa shape index (κ2) is 6.68. The van der Waals surface area contributed by atoms with E-state index in [4.69, 9.17) is 9.26 Å². The Morgan fingerprint density at radius 3 is 3.08 bits per heavy atom. The minimum atomic E-state index is -0.406. The van der Waals surface area contributed by atoms with Gasteiger partial charge in [-0.1, -0.05) is 11.2 Å². The molecule has 0 aliphatic carbocycles. The van der Waals surface area contributed by atoms with Gasteiger partial charge in [-0.15, -0.1) is 0 Å². The second-order valence-electron chi connectivity index (χ2n) is 6.14. The van der Waals surface area contributed by atoms with Crippen molar-refractivity contribution in [2.45, 2.75) is 19.9 Å². The number of carbonyl (C=O) groups excluding carboxylic acids is 1. The SMILES string of the molecule is COC(=O)c1cccc(-c2nc(-c3c(C)ncc4c3CCNC4)no2)c1. The van der Waals surface area contributed by atoms with Gasteiger partial charge in [0.05, 0.1) is 12.7 Å². The molecule has 2 aromatic heterocycles. The van der Waals surface area contributed by atoms with Crippen LogP contribution >= 0.6 is 0 Å². The molecule has 7 nitrogen and oxygen atoms in total. The quantitative estimate of drug-likeness (QED) is 0.726. The number of rotatable bonds is 3. The fourth-order valence-corrected chi connectivity index (χ4v) is 3.21. The number of aromatic nitrogens is 3. The maximum Gasteiger partial charge on any atom is 0.337 e. The third-order valence-corrected chi connectivity index (χ3v) is 4.51. The van der Waals surface area contributed by atoms with E-state index in [1.54, 1.807) is 18.2 Å². The summed E-state index contributed by atoms with van der Waals surface area (Å²) in [4.78, 5) is 20.8. The maximum atomic E-state index is 11.7. The van der Waals surface area contributed by atoms with Crippen LogP contribution in [0.1, 0.15) is 27.2 Å². The van der Waals surface area contributed by atoms with Gasteiger partial charge in [0.2, 0.25) is 5.82 Å². The van der Waals surface area contributed by atoms with Crippen molar-refractivity contribution in [3.05, 3.63) is 52.8 Å². The molecule has 0 unspecified atom stereocenters. The molecule has 132 valence electrons. The smallest absolute Gasteiger partial charge is 0.337 e. The highest BCUT2D eigenvalue weighted by molar-refractivity contribution is 5.90. The fourth-order valence-electron chi connectivity index (χ4n) is 3.21. The lowest BCUT2D eigenvalue weighted by atomic mass is 9.95. The van der Waals surface area contributed by atoms with E-state index in [9.17, 15) is 4.79 Å². The molecule has 1 aliphatic heterocycles. The summed E-state index contributed by atoms with van der Waals surface area (Å²) in [5.74, 6) is 0.472. The Kier molecular flexibility index (Phi) is 4.22. The summed E-state index contributed by atoms with van der Waals surface area (Å²) in [6.45, 7) is 3.66. The topological polar surface area (TPSA) is 90.1 Å². The lowest BCUT2D eigenvalue weighted by molar-refractivity contribution is 0.0601. The van der Waals surface area contributed by atoms with Crippen molar-refractivity contribution in [2.24, 2.45) is 0 Å². The van der Waals surface area contributed by atoms with Crippen LogP contribution in [-0.2, 0) is 17.7 Å². The number of nitrogens with one attached hydrogen (secondary N) is 1. The van der Waals surface area contributed by atoms with Gasteiger partial charge >= 0.3 is 5.97 Å². The van der Waals surface area contributed by atoms with E-state index in [2.05, 4.69) is 20.4 Å². The first-order chi connectivity index (χ1) is 12.7. The Morgan fingerprint density at radius 2 is 2.23 bits per heavy atom. The van der Waals surface area contributed by atoms with Crippen molar-refractivity contribution in [3.8, 4) is 22.8 Å². The average Bonchev–Trinajstić information content (AvgIpc) is 3.17. The van der Waals surface area contributed by atoms with Crippen molar-refractivity contribution in [2.75, 3.05) is 13.7 Å². The Hall–Kier alpha value is -3.06. The van der Waals surface area contributed by atoms with Crippen LogP contribution in [0.25, 0.3) is 22.8 Å². The third kappa shape index (κ3) is 2.86. The predicted octanol–water partition coefficient (Wildman–Crippen LogP) is 2.54. The molecular weight excluding hydrogens is 332 g/mol. The van der Waals surface area contributed by atoms with Gasteiger partial charge in [-0.3, -0.25) is 4.98 Å². The highest BCUT2D eigenvalue weighted by atomic mass is 16.5. The van der Waals surface area contributed by atoms with Gasteiger partial charge in [-0.2, -0.15) is 4.98 Å².